The summed E-state index contributed by atoms with van der Waals surface area (Å²) in [4.78, 5) is 0. The van der Waals surface area contributed by atoms with E-state index in [0.717, 1.165) is 39.1 Å². The van der Waals surface area contributed by atoms with Crippen molar-refractivity contribution in [1.29, 1.82) is 0 Å². The van der Waals surface area contributed by atoms with Crippen LogP contribution < -0.4 is 0 Å². The van der Waals surface area contributed by atoms with Crippen molar-refractivity contribution >= 4 is 0 Å². The molecule has 0 fully saturated rings. The lowest BCUT2D eigenvalue weighted by Gasteiger charge is -2.30. The summed E-state index contributed by atoms with van der Waals surface area (Å²) >= 11 is 0. The average Bonchev–Trinajstić information content (AvgIpc) is 3.24. The zero-order valence-electron chi connectivity index (χ0n) is 41.8. The molecule has 0 N–H and O–H groups in total. The summed E-state index contributed by atoms with van der Waals surface area (Å²) < 4.78 is 19.1. The van der Waals surface area contributed by atoms with Crippen LogP contribution in [0.3, 0.4) is 0 Å². The molecule has 0 radical (unpaired) electrons. The Bertz CT molecular complexity index is 631. The number of hydrogen-bond acceptors (Lipinski definition) is 3. The lowest BCUT2D eigenvalue weighted by atomic mass is 10.0. The highest BCUT2D eigenvalue weighted by Gasteiger charge is 2.26. The Kier molecular flexibility index (Phi) is 52.1. The third kappa shape index (κ3) is 50.4. The van der Waals surface area contributed by atoms with Crippen LogP contribution in [0.2, 0.25) is 0 Å². The summed E-state index contributed by atoms with van der Waals surface area (Å²) in [6, 6.07) is 0. The molecule has 0 unspecified atom stereocenters. The van der Waals surface area contributed by atoms with Crippen molar-refractivity contribution in [2.45, 2.75) is 342 Å². The van der Waals surface area contributed by atoms with E-state index in [4.69, 9.17) is 14.2 Å². The molecular formula is C56H114O3. The minimum atomic E-state index is -0.888. The standard InChI is InChI=1S/C56H114O3/c1-5-8-11-14-17-20-23-26-29-32-35-38-41-44-47-50-53-57-56(4,58-54-51-48-45-42-39-36-33-30-27-24-21-18-15-12-9-6-2)59-55-52-49-46-43-40-37-34-31-28-25-22-19-16-13-10-7-3/h5-55H2,1-4H3. The summed E-state index contributed by atoms with van der Waals surface area (Å²) in [6.07, 6.45) is 66.9. The van der Waals surface area contributed by atoms with Crippen molar-refractivity contribution in [3.63, 3.8) is 0 Å². The molecule has 0 aromatic heterocycles. The van der Waals surface area contributed by atoms with Gasteiger partial charge in [-0.25, -0.2) is 0 Å². The third-order valence-corrected chi connectivity index (χ3v) is 13.1. The van der Waals surface area contributed by atoms with Crippen LogP contribution in [0.5, 0.6) is 0 Å². The Labute approximate surface area is 374 Å². The third-order valence-electron chi connectivity index (χ3n) is 13.1. The SMILES string of the molecule is CCCCCCCCCCCCCCCCCCOC(C)(OCCCCCCCCCCCCCCCCCC)OCCCCCCCCCCCCCCCCCC. The van der Waals surface area contributed by atoms with Crippen LogP contribution in [0.4, 0.5) is 0 Å². The van der Waals surface area contributed by atoms with Crippen molar-refractivity contribution in [2.24, 2.45) is 0 Å². The van der Waals surface area contributed by atoms with Crippen molar-refractivity contribution < 1.29 is 14.2 Å². The first-order valence-electron chi connectivity index (χ1n) is 28.1. The predicted octanol–water partition coefficient (Wildman–Crippen LogP) is 20.5. The smallest absolute Gasteiger partial charge is 0.279 e. The van der Waals surface area contributed by atoms with E-state index >= 15 is 0 Å². The van der Waals surface area contributed by atoms with Crippen LogP contribution >= 0.6 is 0 Å². The fourth-order valence-corrected chi connectivity index (χ4v) is 8.85. The van der Waals surface area contributed by atoms with Crippen molar-refractivity contribution in [2.75, 3.05) is 19.8 Å². The van der Waals surface area contributed by atoms with Crippen molar-refractivity contribution in [3.05, 3.63) is 0 Å². The lowest BCUT2D eigenvalue weighted by Crippen LogP contribution is -2.37. The van der Waals surface area contributed by atoms with Gasteiger partial charge in [-0.2, -0.15) is 0 Å². The van der Waals surface area contributed by atoms with Crippen molar-refractivity contribution in [1.82, 2.24) is 0 Å². The van der Waals surface area contributed by atoms with E-state index in [2.05, 4.69) is 20.8 Å². The van der Waals surface area contributed by atoms with Gasteiger partial charge in [-0.05, 0) is 19.3 Å². The van der Waals surface area contributed by atoms with Gasteiger partial charge in [0.2, 0.25) is 0 Å². The van der Waals surface area contributed by atoms with Gasteiger partial charge in [0.05, 0.1) is 19.8 Å². The van der Waals surface area contributed by atoms with Crippen LogP contribution in [0.25, 0.3) is 0 Å². The molecule has 0 saturated carbocycles. The van der Waals surface area contributed by atoms with Gasteiger partial charge in [-0.3, -0.25) is 0 Å². The second-order valence-electron chi connectivity index (χ2n) is 19.3. The zero-order valence-corrected chi connectivity index (χ0v) is 41.8. The van der Waals surface area contributed by atoms with E-state index in [0.29, 0.717) is 0 Å². The van der Waals surface area contributed by atoms with Crippen LogP contribution in [0, 0.1) is 0 Å². The first-order chi connectivity index (χ1) is 29.2. The average molecular weight is 836 g/mol. The molecule has 0 aliphatic carbocycles. The van der Waals surface area contributed by atoms with Gasteiger partial charge in [0.25, 0.3) is 5.97 Å². The molecule has 3 nitrogen and oxygen atoms in total. The number of unbranched alkanes of at least 4 members (excludes halogenated alkanes) is 45. The summed E-state index contributed by atoms with van der Waals surface area (Å²) in [5.41, 5.74) is 0. The van der Waals surface area contributed by atoms with Gasteiger partial charge in [0, 0.05) is 6.92 Å². The summed E-state index contributed by atoms with van der Waals surface area (Å²) in [5.74, 6) is -0.888. The molecule has 0 atom stereocenters. The Morgan fingerprint density at radius 2 is 0.305 bits per heavy atom. The molecule has 0 saturated heterocycles. The second kappa shape index (κ2) is 52.2. The molecule has 0 aromatic rings. The van der Waals surface area contributed by atoms with Gasteiger partial charge in [0.15, 0.2) is 0 Å². The quantitative estimate of drug-likeness (QED) is 0.0451. The highest BCUT2D eigenvalue weighted by Crippen LogP contribution is 2.21. The molecule has 356 valence electrons. The number of rotatable bonds is 54. The van der Waals surface area contributed by atoms with E-state index in [-0.39, 0.29) is 0 Å². The first kappa shape index (κ1) is 58.9. The van der Waals surface area contributed by atoms with Crippen molar-refractivity contribution in [3.8, 4) is 0 Å². The van der Waals surface area contributed by atoms with Crippen LogP contribution in [-0.4, -0.2) is 25.8 Å². The number of hydrogen-bond donors (Lipinski definition) is 0. The molecule has 0 rings (SSSR count). The van der Waals surface area contributed by atoms with E-state index in [1.165, 1.54) is 289 Å². The van der Waals surface area contributed by atoms with Crippen LogP contribution in [-0.2, 0) is 14.2 Å². The topological polar surface area (TPSA) is 27.7 Å². The molecule has 0 spiro atoms. The highest BCUT2D eigenvalue weighted by atomic mass is 16.9. The fraction of sp³-hybridized carbons (Fsp3) is 1.00. The fourth-order valence-electron chi connectivity index (χ4n) is 8.85. The van der Waals surface area contributed by atoms with Gasteiger partial charge in [-0.1, -0.05) is 310 Å². The maximum absolute atomic E-state index is 6.36. The Morgan fingerprint density at radius 3 is 0.441 bits per heavy atom. The summed E-state index contributed by atoms with van der Waals surface area (Å²) in [5, 5.41) is 0. The molecule has 59 heavy (non-hydrogen) atoms. The first-order valence-corrected chi connectivity index (χ1v) is 28.1. The largest absolute Gasteiger partial charge is 0.328 e. The van der Waals surface area contributed by atoms with Gasteiger partial charge in [0.1, 0.15) is 0 Å². The molecule has 0 heterocycles. The lowest BCUT2D eigenvalue weighted by molar-refractivity contribution is -0.370. The summed E-state index contributed by atoms with van der Waals surface area (Å²) in [6.45, 7) is 11.2. The van der Waals surface area contributed by atoms with E-state index in [1.54, 1.807) is 0 Å². The van der Waals surface area contributed by atoms with Crippen LogP contribution in [0.15, 0.2) is 0 Å². The van der Waals surface area contributed by atoms with E-state index in [9.17, 15) is 0 Å². The van der Waals surface area contributed by atoms with E-state index in [1.807, 2.05) is 6.92 Å². The monoisotopic (exact) mass is 835 g/mol. The van der Waals surface area contributed by atoms with Crippen LogP contribution in [0.1, 0.15) is 336 Å². The maximum Gasteiger partial charge on any atom is 0.279 e. The minimum absolute atomic E-state index is 0.743. The van der Waals surface area contributed by atoms with E-state index < -0.39 is 5.97 Å². The molecule has 0 aromatic carbocycles. The van der Waals surface area contributed by atoms with Gasteiger partial charge in [-0.15, -0.1) is 0 Å². The Balaban J connectivity index is 4.08. The zero-order chi connectivity index (χ0) is 42.7. The number of ether oxygens (including phenoxy) is 3. The maximum atomic E-state index is 6.36. The molecule has 0 amide bonds. The minimum Gasteiger partial charge on any atom is -0.328 e. The molecule has 0 aliphatic heterocycles. The van der Waals surface area contributed by atoms with Gasteiger partial charge >= 0.3 is 0 Å². The molecule has 0 aliphatic rings. The normalized spacial score (nSPS) is 12.0. The predicted molar refractivity (Wildman–Crippen MR) is 265 cm³/mol. The second-order valence-corrected chi connectivity index (χ2v) is 19.3. The highest BCUT2D eigenvalue weighted by molar-refractivity contribution is 4.56. The molecular weight excluding hydrogens is 721 g/mol. The Hall–Kier alpha value is -0.120. The van der Waals surface area contributed by atoms with Gasteiger partial charge < -0.3 is 14.2 Å². The molecule has 3 heteroatoms. The Morgan fingerprint density at radius 1 is 0.186 bits per heavy atom. The molecule has 0 bridgehead atoms. The summed E-state index contributed by atoms with van der Waals surface area (Å²) in [7, 11) is 0.